The minimum atomic E-state index is -1.15. The highest BCUT2D eigenvalue weighted by atomic mass is 35.5. The molecule has 2 aromatic carbocycles. The maximum atomic E-state index is 12.1. The predicted octanol–water partition coefficient (Wildman–Crippen LogP) is 4.13. The maximum absolute atomic E-state index is 12.1. The highest BCUT2D eigenvalue weighted by Gasteiger charge is 2.14. The number of carboxylic acid groups (broad SMARTS) is 1. The number of carbonyl (C=O) groups is 2. The lowest BCUT2D eigenvalue weighted by molar-refractivity contribution is 0.0696. The van der Waals surface area contributed by atoms with Crippen LogP contribution in [0.1, 0.15) is 26.3 Å². The predicted molar refractivity (Wildman–Crippen MR) is 98.3 cm³/mol. The normalized spacial score (nSPS) is 10.1. The van der Waals surface area contributed by atoms with Gasteiger partial charge in [-0.1, -0.05) is 40.9 Å². The molecule has 0 aliphatic heterocycles. The van der Waals surface area contributed by atoms with Crippen molar-refractivity contribution in [3.05, 3.63) is 63.1 Å². The van der Waals surface area contributed by atoms with E-state index in [0.29, 0.717) is 5.56 Å². The van der Waals surface area contributed by atoms with Crippen LogP contribution in [-0.2, 0) is 0 Å². The van der Waals surface area contributed by atoms with Crippen molar-refractivity contribution in [2.75, 3.05) is 5.32 Å². The fraction of sp³-hybridized carbons (Fsp3) is 0.0625. The Bertz CT molecular complexity index is 800. The number of thiocarbonyl (C=S) groups is 1. The first-order valence-corrected chi connectivity index (χ1v) is 7.85. The van der Waals surface area contributed by atoms with Crippen molar-refractivity contribution < 1.29 is 14.7 Å². The number of hydrogen-bond donors (Lipinski definition) is 3. The van der Waals surface area contributed by atoms with E-state index in [-0.39, 0.29) is 32.3 Å². The smallest absolute Gasteiger partial charge is 0.335 e. The number of aryl methyl sites for hydroxylation is 1. The average Bonchev–Trinajstić information content (AvgIpc) is 2.51. The van der Waals surface area contributed by atoms with Crippen LogP contribution in [0.25, 0.3) is 0 Å². The van der Waals surface area contributed by atoms with E-state index in [2.05, 4.69) is 10.6 Å². The first-order valence-electron chi connectivity index (χ1n) is 6.69. The van der Waals surface area contributed by atoms with Crippen molar-refractivity contribution in [1.82, 2.24) is 5.32 Å². The molecule has 0 spiro atoms. The zero-order valence-corrected chi connectivity index (χ0v) is 14.7. The van der Waals surface area contributed by atoms with E-state index in [1.54, 1.807) is 12.1 Å². The number of rotatable bonds is 3. The van der Waals surface area contributed by atoms with Crippen molar-refractivity contribution >= 4 is 58.1 Å². The molecule has 0 bridgehead atoms. The van der Waals surface area contributed by atoms with Crippen LogP contribution in [-0.4, -0.2) is 22.1 Å². The third-order valence-corrected chi connectivity index (χ3v) is 3.87. The quantitative estimate of drug-likeness (QED) is 0.695. The molecule has 3 N–H and O–H groups in total. The molecule has 0 aromatic heterocycles. The van der Waals surface area contributed by atoms with Crippen molar-refractivity contribution in [2.45, 2.75) is 6.92 Å². The molecule has 2 rings (SSSR count). The number of carbonyl (C=O) groups excluding carboxylic acids is 1. The number of amides is 1. The van der Waals surface area contributed by atoms with E-state index in [1.165, 1.54) is 12.1 Å². The zero-order valence-electron chi connectivity index (χ0n) is 12.4. The Labute approximate surface area is 153 Å². The molecule has 2 aromatic rings. The lowest BCUT2D eigenvalue weighted by Crippen LogP contribution is -2.34. The highest BCUT2D eigenvalue weighted by Crippen LogP contribution is 2.31. The maximum Gasteiger partial charge on any atom is 0.335 e. The van der Waals surface area contributed by atoms with E-state index < -0.39 is 5.97 Å². The van der Waals surface area contributed by atoms with Gasteiger partial charge in [-0.05, 0) is 43.4 Å². The number of benzene rings is 2. The number of carboxylic acids is 1. The van der Waals surface area contributed by atoms with Crippen LogP contribution in [0.4, 0.5) is 5.69 Å². The van der Waals surface area contributed by atoms with Crippen LogP contribution < -0.4 is 10.6 Å². The summed E-state index contributed by atoms with van der Waals surface area (Å²) in [7, 11) is 0. The van der Waals surface area contributed by atoms with E-state index in [9.17, 15) is 9.59 Å². The Hall–Kier alpha value is -2.15. The summed E-state index contributed by atoms with van der Waals surface area (Å²) in [5.74, 6) is -1.54. The fourth-order valence-electron chi connectivity index (χ4n) is 1.84. The lowest BCUT2D eigenvalue weighted by Gasteiger charge is -2.13. The van der Waals surface area contributed by atoms with Gasteiger partial charge in [0.15, 0.2) is 5.11 Å². The minimum absolute atomic E-state index is 0.00699. The van der Waals surface area contributed by atoms with Crippen molar-refractivity contribution in [3.63, 3.8) is 0 Å². The second kappa shape index (κ2) is 7.61. The van der Waals surface area contributed by atoms with Gasteiger partial charge in [0.05, 0.1) is 21.3 Å². The second-order valence-electron chi connectivity index (χ2n) is 4.89. The number of halogens is 2. The van der Waals surface area contributed by atoms with Crippen LogP contribution in [0.15, 0.2) is 36.4 Å². The van der Waals surface area contributed by atoms with Crippen LogP contribution in [0.2, 0.25) is 10.0 Å². The molecule has 0 saturated carbocycles. The molecular formula is C16H12Cl2N2O3S. The van der Waals surface area contributed by atoms with E-state index in [0.717, 1.165) is 5.56 Å². The first kappa shape index (κ1) is 18.2. The van der Waals surface area contributed by atoms with E-state index in [4.69, 9.17) is 40.5 Å². The molecule has 0 aliphatic carbocycles. The molecule has 0 unspecified atom stereocenters. The monoisotopic (exact) mass is 382 g/mol. The van der Waals surface area contributed by atoms with Gasteiger partial charge in [-0.15, -0.1) is 0 Å². The third kappa shape index (κ3) is 4.44. The Balaban J connectivity index is 2.11. The largest absolute Gasteiger partial charge is 0.478 e. The van der Waals surface area contributed by atoms with E-state index in [1.807, 2.05) is 19.1 Å². The molecule has 1 amide bonds. The summed E-state index contributed by atoms with van der Waals surface area (Å²) in [6, 6.07) is 9.45. The van der Waals surface area contributed by atoms with Crippen molar-refractivity contribution in [3.8, 4) is 0 Å². The third-order valence-electron chi connectivity index (χ3n) is 3.07. The summed E-state index contributed by atoms with van der Waals surface area (Å²) >= 11 is 17.1. The summed E-state index contributed by atoms with van der Waals surface area (Å²) in [5.41, 5.74) is 1.65. The molecular weight excluding hydrogens is 371 g/mol. The van der Waals surface area contributed by atoms with Crippen molar-refractivity contribution in [1.29, 1.82) is 0 Å². The van der Waals surface area contributed by atoms with Crippen LogP contribution in [0.5, 0.6) is 0 Å². The molecule has 0 saturated heterocycles. The molecule has 0 radical (unpaired) electrons. The average molecular weight is 383 g/mol. The van der Waals surface area contributed by atoms with Gasteiger partial charge in [0, 0.05) is 5.56 Å². The Morgan fingerprint density at radius 2 is 1.58 bits per heavy atom. The van der Waals surface area contributed by atoms with Crippen LogP contribution in [0.3, 0.4) is 0 Å². The molecule has 24 heavy (non-hydrogen) atoms. The standard InChI is InChI=1S/C16H12Cl2N2O3S/c1-8-2-4-9(5-3-8)14(21)20-16(24)19-13-11(17)6-10(15(22)23)7-12(13)18/h2-7H,1H3,(H,22,23)(H2,19,20,21,24). The van der Waals surface area contributed by atoms with Gasteiger partial charge in [0.1, 0.15) is 0 Å². The SMILES string of the molecule is Cc1ccc(C(=O)NC(=S)Nc2c(Cl)cc(C(=O)O)cc2Cl)cc1. The summed E-state index contributed by atoms with van der Waals surface area (Å²) in [5, 5.41) is 14.3. The van der Waals surface area contributed by atoms with Gasteiger partial charge in [0.25, 0.3) is 5.91 Å². The van der Waals surface area contributed by atoms with Gasteiger partial charge < -0.3 is 10.4 Å². The molecule has 5 nitrogen and oxygen atoms in total. The van der Waals surface area contributed by atoms with Crippen LogP contribution in [0, 0.1) is 6.92 Å². The molecule has 0 aliphatic rings. The van der Waals surface area contributed by atoms with Gasteiger partial charge >= 0.3 is 5.97 Å². The van der Waals surface area contributed by atoms with Gasteiger partial charge in [-0.2, -0.15) is 0 Å². The summed E-state index contributed by atoms with van der Waals surface area (Å²) < 4.78 is 0. The number of hydrogen-bond acceptors (Lipinski definition) is 3. The van der Waals surface area contributed by atoms with Gasteiger partial charge in [-0.3, -0.25) is 10.1 Å². The van der Waals surface area contributed by atoms with Crippen molar-refractivity contribution in [2.24, 2.45) is 0 Å². The summed E-state index contributed by atoms with van der Waals surface area (Å²) in [6.45, 7) is 1.92. The first-order chi connectivity index (χ1) is 11.3. The number of nitrogens with one attached hydrogen (secondary N) is 2. The van der Waals surface area contributed by atoms with Crippen LogP contribution >= 0.6 is 35.4 Å². The molecule has 0 atom stereocenters. The Kier molecular flexibility index (Phi) is 5.77. The van der Waals surface area contributed by atoms with E-state index >= 15 is 0 Å². The Morgan fingerprint density at radius 3 is 2.08 bits per heavy atom. The second-order valence-corrected chi connectivity index (χ2v) is 6.12. The summed E-state index contributed by atoms with van der Waals surface area (Å²) in [4.78, 5) is 23.0. The zero-order chi connectivity index (χ0) is 17.9. The minimum Gasteiger partial charge on any atom is -0.478 e. The molecule has 8 heteroatoms. The Morgan fingerprint density at radius 1 is 1.04 bits per heavy atom. The molecule has 0 fully saturated rings. The highest BCUT2D eigenvalue weighted by molar-refractivity contribution is 7.80. The molecule has 124 valence electrons. The lowest BCUT2D eigenvalue weighted by atomic mass is 10.1. The number of aromatic carboxylic acids is 1. The number of anilines is 1. The molecule has 0 heterocycles. The van der Waals surface area contributed by atoms with Gasteiger partial charge in [0.2, 0.25) is 0 Å². The topological polar surface area (TPSA) is 78.4 Å². The van der Waals surface area contributed by atoms with Gasteiger partial charge in [-0.25, -0.2) is 4.79 Å². The summed E-state index contributed by atoms with van der Waals surface area (Å²) in [6.07, 6.45) is 0. The fourth-order valence-corrected chi connectivity index (χ4v) is 2.62.